The summed E-state index contributed by atoms with van der Waals surface area (Å²) in [6, 6.07) is 9.09. The number of hydrogen-bond donors (Lipinski definition) is 5. The van der Waals surface area contributed by atoms with Crippen LogP contribution in [0.2, 0.25) is 0 Å². The van der Waals surface area contributed by atoms with E-state index in [2.05, 4.69) is 16.1 Å². The molecule has 4 unspecified atom stereocenters. The molecule has 3 rings (SSSR count). The molecular formula is C29H38N4O6. The predicted octanol–water partition coefficient (Wildman–Crippen LogP) is 2.52. The highest BCUT2D eigenvalue weighted by molar-refractivity contribution is 5.92. The number of rotatable bonds is 10. The Morgan fingerprint density at radius 1 is 1.05 bits per heavy atom. The summed E-state index contributed by atoms with van der Waals surface area (Å²) >= 11 is 0. The second-order valence-corrected chi connectivity index (χ2v) is 10.3. The molecule has 2 aromatic carbocycles. The normalized spacial score (nSPS) is 18.1. The zero-order chi connectivity index (χ0) is 28.7. The van der Waals surface area contributed by atoms with E-state index in [0.29, 0.717) is 19.4 Å². The summed E-state index contributed by atoms with van der Waals surface area (Å²) in [5.74, 6) is -2.53. The van der Waals surface area contributed by atoms with Gasteiger partial charge in [-0.15, -0.1) is 0 Å². The summed E-state index contributed by atoms with van der Waals surface area (Å²) < 4.78 is 0. The first kappa shape index (κ1) is 29.8. The van der Waals surface area contributed by atoms with Crippen molar-refractivity contribution in [1.82, 2.24) is 21.1 Å². The summed E-state index contributed by atoms with van der Waals surface area (Å²) in [5.41, 5.74) is 4.42. The number of aliphatic carboxylic acids is 1. The Hall–Kier alpha value is -3.76. The highest BCUT2D eigenvalue weighted by Gasteiger charge is 2.32. The van der Waals surface area contributed by atoms with E-state index in [-0.39, 0.29) is 18.2 Å². The SMILES string of the molecule is CC(NC(=O)C(NC(=O)CC=Cc1ccc2ccc(C(C)O)cc2c1)C(C)C)C(=O)N1CCCC(C(=O)O)N1. The van der Waals surface area contributed by atoms with Crippen LogP contribution in [0.4, 0.5) is 0 Å². The number of fused-ring (bicyclic) bond motifs is 1. The molecule has 0 aliphatic carbocycles. The topological polar surface area (TPSA) is 148 Å². The van der Waals surface area contributed by atoms with E-state index in [1.54, 1.807) is 26.8 Å². The number of aliphatic hydroxyl groups is 1. The maximum atomic E-state index is 12.9. The third-order valence-corrected chi connectivity index (χ3v) is 6.73. The summed E-state index contributed by atoms with van der Waals surface area (Å²) in [6.45, 7) is 7.19. The van der Waals surface area contributed by atoms with Crippen molar-refractivity contribution in [2.24, 2.45) is 5.92 Å². The van der Waals surface area contributed by atoms with Gasteiger partial charge in [0.2, 0.25) is 11.8 Å². The molecular weight excluding hydrogens is 500 g/mol. The minimum absolute atomic E-state index is 0.0605. The highest BCUT2D eigenvalue weighted by atomic mass is 16.4. The van der Waals surface area contributed by atoms with E-state index in [9.17, 15) is 29.4 Å². The minimum atomic E-state index is -1.04. The molecule has 39 heavy (non-hydrogen) atoms. The smallest absolute Gasteiger partial charge is 0.322 e. The Morgan fingerprint density at radius 2 is 1.77 bits per heavy atom. The van der Waals surface area contributed by atoms with Gasteiger partial charge in [0.1, 0.15) is 18.1 Å². The van der Waals surface area contributed by atoms with Gasteiger partial charge < -0.3 is 20.8 Å². The summed E-state index contributed by atoms with van der Waals surface area (Å²) in [5, 5.41) is 27.7. The van der Waals surface area contributed by atoms with Crippen molar-refractivity contribution in [3.05, 3.63) is 53.6 Å². The van der Waals surface area contributed by atoms with E-state index in [4.69, 9.17) is 0 Å². The first-order chi connectivity index (χ1) is 18.5. The molecule has 0 spiro atoms. The number of aliphatic hydroxyl groups excluding tert-OH is 1. The van der Waals surface area contributed by atoms with Crippen molar-refractivity contribution in [3.63, 3.8) is 0 Å². The minimum Gasteiger partial charge on any atom is -0.480 e. The number of benzene rings is 2. The first-order valence-electron chi connectivity index (χ1n) is 13.2. The van der Waals surface area contributed by atoms with Gasteiger partial charge in [-0.2, -0.15) is 0 Å². The lowest BCUT2D eigenvalue weighted by atomic mass is 10.0. The number of carbonyl (C=O) groups is 4. The average Bonchev–Trinajstić information content (AvgIpc) is 2.90. The molecule has 210 valence electrons. The number of carboxylic acids is 1. The van der Waals surface area contributed by atoms with E-state index in [0.717, 1.165) is 21.9 Å². The van der Waals surface area contributed by atoms with Crippen molar-refractivity contribution < 1.29 is 29.4 Å². The van der Waals surface area contributed by atoms with Crippen LogP contribution in [0.3, 0.4) is 0 Å². The van der Waals surface area contributed by atoms with Crippen LogP contribution in [0.25, 0.3) is 16.8 Å². The van der Waals surface area contributed by atoms with Crippen molar-refractivity contribution in [2.75, 3.05) is 6.54 Å². The summed E-state index contributed by atoms with van der Waals surface area (Å²) in [4.78, 5) is 49.6. The average molecular weight is 539 g/mol. The van der Waals surface area contributed by atoms with Crippen LogP contribution in [0.1, 0.15) is 64.2 Å². The Labute approximate surface area is 228 Å². The number of nitrogens with one attached hydrogen (secondary N) is 3. The molecule has 1 aliphatic heterocycles. The molecule has 2 aromatic rings. The Bertz CT molecular complexity index is 1240. The molecule has 0 bridgehead atoms. The highest BCUT2D eigenvalue weighted by Crippen LogP contribution is 2.22. The fourth-order valence-electron chi connectivity index (χ4n) is 4.44. The number of hydrogen-bond acceptors (Lipinski definition) is 6. The molecule has 0 aromatic heterocycles. The van der Waals surface area contributed by atoms with Crippen LogP contribution >= 0.6 is 0 Å². The first-order valence-corrected chi connectivity index (χ1v) is 13.2. The van der Waals surface area contributed by atoms with Crippen molar-refractivity contribution >= 4 is 40.5 Å². The molecule has 0 saturated carbocycles. The molecule has 3 amide bonds. The zero-order valence-corrected chi connectivity index (χ0v) is 22.8. The standard InChI is InChI=1S/C29H38N4O6/c1-17(2)26(27(36)30-18(3)28(37)33-14-6-8-24(32-33)29(38)39)31-25(35)9-5-7-20-10-11-21-12-13-22(19(4)34)16-23(21)15-20/h5,7,10-13,15-19,24,26,32,34H,6,8-9,14H2,1-4H3,(H,30,36)(H,31,35)(H,38,39). The lowest BCUT2D eigenvalue weighted by Gasteiger charge is -2.34. The summed E-state index contributed by atoms with van der Waals surface area (Å²) in [6.07, 6.45) is 4.00. The van der Waals surface area contributed by atoms with Gasteiger partial charge in [-0.1, -0.05) is 50.3 Å². The van der Waals surface area contributed by atoms with Crippen LogP contribution in [-0.2, 0) is 19.2 Å². The monoisotopic (exact) mass is 538 g/mol. The second-order valence-electron chi connectivity index (χ2n) is 10.3. The Balaban J connectivity index is 1.56. The van der Waals surface area contributed by atoms with Gasteiger partial charge in [-0.05, 0) is 66.6 Å². The quantitative estimate of drug-likeness (QED) is 0.312. The van der Waals surface area contributed by atoms with Crippen LogP contribution in [0.15, 0.2) is 42.5 Å². The van der Waals surface area contributed by atoms with Gasteiger partial charge in [0, 0.05) is 13.0 Å². The van der Waals surface area contributed by atoms with E-state index < -0.39 is 42.0 Å². The van der Waals surface area contributed by atoms with Gasteiger partial charge in [-0.25, -0.2) is 5.43 Å². The van der Waals surface area contributed by atoms with Gasteiger partial charge in [0.25, 0.3) is 5.91 Å². The van der Waals surface area contributed by atoms with E-state index >= 15 is 0 Å². The van der Waals surface area contributed by atoms with Crippen molar-refractivity contribution in [3.8, 4) is 0 Å². The zero-order valence-electron chi connectivity index (χ0n) is 22.8. The number of carboxylic acid groups (broad SMARTS) is 1. The molecule has 1 saturated heterocycles. The molecule has 1 fully saturated rings. The maximum absolute atomic E-state index is 12.9. The molecule has 0 radical (unpaired) electrons. The maximum Gasteiger partial charge on any atom is 0.322 e. The molecule has 10 nitrogen and oxygen atoms in total. The third-order valence-electron chi connectivity index (χ3n) is 6.73. The van der Waals surface area contributed by atoms with E-state index in [1.807, 2.05) is 42.5 Å². The largest absolute Gasteiger partial charge is 0.480 e. The third kappa shape index (κ3) is 8.11. The van der Waals surface area contributed by atoms with Gasteiger partial charge in [0.05, 0.1) is 6.10 Å². The van der Waals surface area contributed by atoms with Crippen molar-refractivity contribution in [1.29, 1.82) is 0 Å². The lowest BCUT2D eigenvalue weighted by molar-refractivity contribution is -0.148. The lowest BCUT2D eigenvalue weighted by Crippen LogP contribution is -2.60. The van der Waals surface area contributed by atoms with Gasteiger partial charge in [0.15, 0.2) is 0 Å². The fraction of sp³-hybridized carbons (Fsp3) is 0.448. The van der Waals surface area contributed by atoms with Crippen LogP contribution in [0.5, 0.6) is 0 Å². The number of hydrazine groups is 1. The number of carbonyl (C=O) groups excluding carboxylic acids is 3. The Morgan fingerprint density at radius 3 is 2.44 bits per heavy atom. The van der Waals surface area contributed by atoms with E-state index in [1.165, 1.54) is 11.9 Å². The number of amides is 3. The van der Waals surface area contributed by atoms with Crippen LogP contribution in [-0.4, -0.2) is 63.6 Å². The van der Waals surface area contributed by atoms with Crippen LogP contribution < -0.4 is 16.1 Å². The van der Waals surface area contributed by atoms with Crippen LogP contribution in [0, 0.1) is 5.92 Å². The molecule has 4 atom stereocenters. The molecule has 1 aliphatic rings. The fourth-order valence-corrected chi connectivity index (χ4v) is 4.44. The predicted molar refractivity (Wildman–Crippen MR) is 148 cm³/mol. The summed E-state index contributed by atoms with van der Waals surface area (Å²) in [7, 11) is 0. The van der Waals surface area contributed by atoms with Gasteiger partial charge >= 0.3 is 5.97 Å². The van der Waals surface area contributed by atoms with Gasteiger partial charge in [-0.3, -0.25) is 24.2 Å². The molecule has 5 N–H and O–H groups in total. The molecule has 10 heteroatoms. The molecule has 1 heterocycles. The Kier molecular flexibility index (Phi) is 10.2. The number of nitrogens with zero attached hydrogens (tertiary/aromatic N) is 1. The second kappa shape index (κ2) is 13.3. The van der Waals surface area contributed by atoms with Crippen molar-refractivity contribution in [2.45, 2.75) is 71.2 Å².